The molecule has 1 atom stereocenters. The highest BCUT2D eigenvalue weighted by molar-refractivity contribution is 7.89. The quantitative estimate of drug-likeness (QED) is 0.850. The highest BCUT2D eigenvalue weighted by atomic mass is 32.2. The van der Waals surface area contributed by atoms with Crippen LogP contribution in [0.2, 0.25) is 0 Å². The second kappa shape index (κ2) is 6.17. The average molecular weight is 272 g/mol. The summed E-state index contributed by atoms with van der Waals surface area (Å²) in [5.74, 6) is 0. The molecule has 0 bridgehead atoms. The Kier molecular flexibility index (Phi) is 5.13. The number of hydrogen-bond acceptors (Lipinski definition) is 4. The Balaban J connectivity index is 3.01. The van der Waals surface area contributed by atoms with Gasteiger partial charge in [0.15, 0.2) is 0 Å². The van der Waals surface area contributed by atoms with Crippen molar-refractivity contribution in [2.24, 2.45) is 0 Å². The molecule has 6 heteroatoms. The fourth-order valence-corrected chi connectivity index (χ4v) is 2.43. The predicted octanol–water partition coefficient (Wildman–Crippen LogP) is 1.38. The first kappa shape index (κ1) is 14.9. The van der Waals surface area contributed by atoms with Crippen LogP contribution in [0.4, 0.5) is 5.69 Å². The number of nitrogens with zero attached hydrogens (tertiary/aromatic N) is 1. The van der Waals surface area contributed by atoms with Gasteiger partial charge in [-0.15, -0.1) is 0 Å². The van der Waals surface area contributed by atoms with E-state index in [0.717, 1.165) is 0 Å². The normalized spacial score (nSPS) is 13.6. The van der Waals surface area contributed by atoms with E-state index >= 15 is 0 Å². The highest BCUT2D eigenvalue weighted by Gasteiger charge is 2.20. The molecule has 0 amide bonds. The number of anilines is 1. The third kappa shape index (κ3) is 3.44. The van der Waals surface area contributed by atoms with Gasteiger partial charge in [0.2, 0.25) is 10.0 Å². The third-order valence-electron chi connectivity index (χ3n) is 2.63. The van der Waals surface area contributed by atoms with E-state index in [0.29, 0.717) is 12.2 Å². The van der Waals surface area contributed by atoms with Crippen LogP contribution in [0, 0.1) is 0 Å². The molecule has 18 heavy (non-hydrogen) atoms. The molecule has 0 fully saturated rings. The summed E-state index contributed by atoms with van der Waals surface area (Å²) in [6, 6.07) is 6.85. The lowest BCUT2D eigenvalue weighted by molar-refractivity contribution is 0.128. The summed E-state index contributed by atoms with van der Waals surface area (Å²) < 4.78 is 30.6. The second-order valence-corrected chi connectivity index (χ2v) is 6.33. The number of hydrogen-bond donors (Lipinski definition) is 1. The van der Waals surface area contributed by atoms with E-state index in [-0.39, 0.29) is 11.0 Å². The Hall–Kier alpha value is -1.11. The van der Waals surface area contributed by atoms with Crippen LogP contribution in [0.25, 0.3) is 0 Å². The van der Waals surface area contributed by atoms with Gasteiger partial charge >= 0.3 is 0 Å². The van der Waals surface area contributed by atoms with Gasteiger partial charge in [-0.05, 0) is 19.1 Å². The zero-order valence-corrected chi connectivity index (χ0v) is 12.0. The fraction of sp³-hybridized carbons (Fsp3) is 0.500. The summed E-state index contributed by atoms with van der Waals surface area (Å²) in [5.41, 5.74) is 0.593. The van der Waals surface area contributed by atoms with Gasteiger partial charge in [-0.25, -0.2) is 12.7 Å². The molecule has 5 nitrogen and oxygen atoms in total. The van der Waals surface area contributed by atoms with Crippen LogP contribution in [0.3, 0.4) is 0 Å². The molecule has 1 rings (SSSR count). The van der Waals surface area contributed by atoms with Gasteiger partial charge in [0, 0.05) is 27.7 Å². The molecule has 0 saturated heterocycles. The van der Waals surface area contributed by atoms with Gasteiger partial charge in [0.1, 0.15) is 4.90 Å². The molecule has 0 heterocycles. The lowest BCUT2D eigenvalue weighted by Crippen LogP contribution is -2.24. The smallest absolute Gasteiger partial charge is 0.244 e. The van der Waals surface area contributed by atoms with Crippen LogP contribution in [-0.2, 0) is 14.8 Å². The van der Waals surface area contributed by atoms with E-state index in [1.807, 2.05) is 6.92 Å². The monoisotopic (exact) mass is 272 g/mol. The Bertz CT molecular complexity index is 486. The molecule has 1 unspecified atom stereocenters. The van der Waals surface area contributed by atoms with Crippen LogP contribution < -0.4 is 5.32 Å². The number of nitrogens with one attached hydrogen (secondary N) is 1. The molecular weight excluding hydrogens is 252 g/mol. The largest absolute Gasteiger partial charge is 0.381 e. The zero-order chi connectivity index (χ0) is 13.8. The molecule has 0 spiro atoms. The molecule has 0 aromatic heterocycles. The van der Waals surface area contributed by atoms with Gasteiger partial charge in [0.25, 0.3) is 0 Å². The van der Waals surface area contributed by atoms with Crippen molar-refractivity contribution in [1.29, 1.82) is 0 Å². The van der Waals surface area contributed by atoms with Crippen LogP contribution in [0.15, 0.2) is 29.2 Å². The third-order valence-corrected chi connectivity index (χ3v) is 4.50. The number of methoxy groups -OCH3 is 1. The topological polar surface area (TPSA) is 58.6 Å². The van der Waals surface area contributed by atoms with Crippen molar-refractivity contribution >= 4 is 15.7 Å². The molecule has 0 aliphatic carbocycles. The van der Waals surface area contributed by atoms with Crippen molar-refractivity contribution in [3.8, 4) is 0 Å². The number of ether oxygens (including phenoxy) is 1. The summed E-state index contributed by atoms with van der Waals surface area (Å²) in [5, 5.41) is 3.09. The average Bonchev–Trinajstić information content (AvgIpc) is 2.35. The Morgan fingerprint density at radius 3 is 2.50 bits per heavy atom. The fourth-order valence-electron chi connectivity index (χ4n) is 1.37. The van der Waals surface area contributed by atoms with E-state index in [1.54, 1.807) is 31.4 Å². The van der Waals surface area contributed by atoms with Crippen molar-refractivity contribution < 1.29 is 13.2 Å². The van der Waals surface area contributed by atoms with Gasteiger partial charge in [-0.2, -0.15) is 0 Å². The lowest BCUT2D eigenvalue weighted by atomic mass is 10.3. The Morgan fingerprint density at radius 2 is 1.94 bits per heavy atom. The molecule has 102 valence electrons. The van der Waals surface area contributed by atoms with E-state index < -0.39 is 10.0 Å². The molecule has 0 aliphatic rings. The minimum absolute atomic E-state index is 0.0140. The summed E-state index contributed by atoms with van der Waals surface area (Å²) in [6.45, 7) is 2.46. The van der Waals surface area contributed by atoms with Crippen molar-refractivity contribution in [3.63, 3.8) is 0 Å². The number of para-hydroxylation sites is 1. The molecule has 0 aliphatic heterocycles. The number of sulfonamides is 1. The molecule has 1 N–H and O–H groups in total. The molecule has 0 saturated carbocycles. The van der Waals surface area contributed by atoms with Gasteiger partial charge < -0.3 is 10.1 Å². The maximum atomic E-state index is 12.1. The number of rotatable bonds is 6. The van der Waals surface area contributed by atoms with E-state index in [9.17, 15) is 8.42 Å². The first-order chi connectivity index (χ1) is 8.39. The molecule has 0 radical (unpaired) electrons. The standard InChI is InChI=1S/C12H20N2O3S/c1-10(17-4)9-13-11-7-5-6-8-12(11)18(15,16)14(2)3/h5-8,10,13H,9H2,1-4H3. The molecular formula is C12H20N2O3S. The minimum atomic E-state index is -3.43. The van der Waals surface area contributed by atoms with Crippen LogP contribution in [0.1, 0.15) is 6.92 Å². The Labute approximate surface area is 109 Å². The maximum Gasteiger partial charge on any atom is 0.244 e. The first-order valence-corrected chi connectivity index (χ1v) is 7.11. The van der Waals surface area contributed by atoms with Crippen LogP contribution in [-0.4, -0.2) is 46.6 Å². The summed E-state index contributed by atoms with van der Waals surface area (Å²) in [4.78, 5) is 0.276. The number of benzene rings is 1. The predicted molar refractivity (Wildman–Crippen MR) is 72.3 cm³/mol. The van der Waals surface area contributed by atoms with Crippen LogP contribution >= 0.6 is 0 Å². The lowest BCUT2D eigenvalue weighted by Gasteiger charge is -2.17. The van der Waals surface area contributed by atoms with Crippen molar-refractivity contribution in [2.75, 3.05) is 33.1 Å². The van der Waals surface area contributed by atoms with E-state index in [2.05, 4.69) is 5.32 Å². The van der Waals surface area contributed by atoms with Gasteiger partial charge in [-0.1, -0.05) is 12.1 Å². The summed E-state index contributed by atoms with van der Waals surface area (Å²) in [7, 11) is 1.22. The van der Waals surface area contributed by atoms with Crippen molar-refractivity contribution in [3.05, 3.63) is 24.3 Å². The van der Waals surface area contributed by atoms with Crippen LogP contribution in [0.5, 0.6) is 0 Å². The summed E-state index contributed by atoms with van der Waals surface area (Å²) >= 11 is 0. The van der Waals surface area contributed by atoms with Gasteiger partial charge in [0.05, 0.1) is 11.8 Å². The highest BCUT2D eigenvalue weighted by Crippen LogP contribution is 2.22. The first-order valence-electron chi connectivity index (χ1n) is 5.67. The zero-order valence-electron chi connectivity index (χ0n) is 11.2. The molecule has 1 aromatic carbocycles. The molecule has 1 aromatic rings. The van der Waals surface area contributed by atoms with Crippen molar-refractivity contribution in [2.45, 2.75) is 17.9 Å². The Morgan fingerprint density at radius 1 is 1.33 bits per heavy atom. The van der Waals surface area contributed by atoms with E-state index in [1.165, 1.54) is 18.4 Å². The summed E-state index contributed by atoms with van der Waals surface area (Å²) in [6.07, 6.45) is 0.0140. The minimum Gasteiger partial charge on any atom is -0.381 e. The second-order valence-electron chi connectivity index (χ2n) is 4.21. The maximum absolute atomic E-state index is 12.1. The van der Waals surface area contributed by atoms with Crippen molar-refractivity contribution in [1.82, 2.24) is 4.31 Å². The SMILES string of the molecule is COC(C)CNc1ccccc1S(=O)(=O)N(C)C. The van der Waals surface area contributed by atoms with Gasteiger partial charge in [-0.3, -0.25) is 0 Å². The van der Waals surface area contributed by atoms with E-state index in [4.69, 9.17) is 4.74 Å².